The summed E-state index contributed by atoms with van der Waals surface area (Å²) >= 11 is 13.5. The van der Waals surface area contributed by atoms with E-state index in [1.165, 1.54) is 0 Å². The zero-order chi connectivity index (χ0) is 14.6. The summed E-state index contributed by atoms with van der Waals surface area (Å²) in [5.74, 6) is 0. The van der Waals surface area contributed by atoms with Gasteiger partial charge in [0.2, 0.25) is 0 Å². The average molecular weight is 932 g/mol. The van der Waals surface area contributed by atoms with Crippen LogP contribution in [-0.4, -0.2) is 24.2 Å². The Morgan fingerprint density at radius 3 is 1.28 bits per heavy atom. The Balaban J connectivity index is 4.35. The first-order valence-corrected chi connectivity index (χ1v) is 11.3. The Labute approximate surface area is 191 Å². The van der Waals surface area contributed by atoms with Crippen molar-refractivity contribution in [3.05, 3.63) is 0 Å². The fourth-order valence-electron chi connectivity index (χ4n) is 0.887. The molecule has 0 aliphatic carbocycles. The Hall–Kier alpha value is 4.26. The molecule has 0 aromatic carbocycles. The minimum absolute atomic E-state index is 0.0727. The van der Waals surface area contributed by atoms with Crippen LogP contribution >= 0.6 is 136 Å². The van der Waals surface area contributed by atoms with Gasteiger partial charge in [0.1, 0.15) is 6.10 Å². The van der Waals surface area contributed by atoms with Gasteiger partial charge in [0.25, 0.3) is 0 Å². The van der Waals surface area contributed by atoms with Crippen molar-refractivity contribution in [2.45, 2.75) is 31.7 Å². The normalized spacial score (nSPS) is 14.3. The lowest BCUT2D eigenvalue weighted by atomic mass is 10.4. The fraction of sp³-hybridized carbons (Fsp3) is 1.00. The van der Waals surface area contributed by atoms with Crippen LogP contribution in [0.5, 0.6) is 0 Å². The summed E-state index contributed by atoms with van der Waals surface area (Å²) in [6.45, 7) is 7.09. The van der Waals surface area contributed by atoms with Crippen molar-refractivity contribution in [3.63, 3.8) is 0 Å². The number of rotatable bonds is 8. The minimum Gasteiger partial charge on any atom is -0.353 e. The first-order valence-electron chi connectivity index (χ1n) is 4.88. The van der Waals surface area contributed by atoms with Crippen LogP contribution in [0, 0.1) is 0 Å². The molecule has 0 heterocycles. The molecular weight excluding hydrogens is 918 g/mol. The summed E-state index contributed by atoms with van der Waals surface area (Å²) in [4.78, 5) is 0. The van der Waals surface area contributed by atoms with Crippen LogP contribution in [0.4, 0.5) is 0 Å². The van der Waals surface area contributed by atoms with Crippen LogP contribution in [-0.2, 0) is 14.2 Å². The van der Waals surface area contributed by atoms with E-state index in [2.05, 4.69) is 136 Å². The zero-order valence-electron chi connectivity index (χ0n) is 9.98. The van der Waals surface area contributed by atoms with Gasteiger partial charge in [-0.25, -0.2) is 0 Å². The van der Waals surface area contributed by atoms with Crippen molar-refractivity contribution in [2.75, 3.05) is 13.2 Å². The van der Waals surface area contributed by atoms with E-state index in [0.717, 1.165) is 0 Å². The molecule has 0 aliphatic rings. The minimum atomic E-state index is -0.257. The third-order valence-corrected chi connectivity index (χ3v) is 3.17. The molecule has 0 amide bonds. The molecule has 0 N–H and O–H groups in total. The molecule has 3 nitrogen and oxygen atoms in total. The third-order valence-electron chi connectivity index (χ3n) is 1.42. The van der Waals surface area contributed by atoms with Gasteiger partial charge in [-0.05, 0) is 156 Å². The first kappa shape index (κ1) is 22.3. The molecule has 0 fully saturated rings. The number of hydrogen-bond donors (Lipinski definition) is 0. The SMILES string of the molecule is CC(I)(I)OCC(COC(C)(I)I)OC(C)(I)I. The van der Waals surface area contributed by atoms with Gasteiger partial charge in [0.05, 0.1) is 13.2 Å². The standard InChI is InChI=1S/C9H14I6O3/c1-7(10,11)16-4-6(18-9(3,14)15)5-17-8(2,12)13/h6H,4-5H2,1-3H3. The summed E-state index contributed by atoms with van der Waals surface area (Å²) in [5, 5.41) is 0. The summed E-state index contributed by atoms with van der Waals surface area (Å²) in [6, 6.07) is 0. The summed E-state index contributed by atoms with van der Waals surface area (Å²) < 4.78 is 16.8. The highest BCUT2D eigenvalue weighted by atomic mass is 127. The molecule has 0 unspecified atom stereocenters. The number of hydrogen-bond acceptors (Lipinski definition) is 3. The van der Waals surface area contributed by atoms with Gasteiger partial charge in [0.15, 0.2) is 4.84 Å². The monoisotopic (exact) mass is 932 g/mol. The summed E-state index contributed by atoms with van der Waals surface area (Å²) in [7, 11) is 0. The molecule has 0 aromatic heterocycles. The lowest BCUT2D eigenvalue weighted by Crippen LogP contribution is -2.34. The summed E-state index contributed by atoms with van der Waals surface area (Å²) in [6.07, 6.45) is -0.0727. The third kappa shape index (κ3) is 16.6. The van der Waals surface area contributed by atoms with E-state index in [9.17, 15) is 0 Å². The van der Waals surface area contributed by atoms with Crippen molar-refractivity contribution in [3.8, 4) is 0 Å². The molecule has 0 aliphatic heterocycles. The molecule has 0 saturated heterocycles. The highest BCUT2D eigenvalue weighted by Crippen LogP contribution is 2.33. The van der Waals surface area contributed by atoms with Crippen LogP contribution < -0.4 is 0 Å². The van der Waals surface area contributed by atoms with Crippen molar-refractivity contribution < 1.29 is 14.2 Å². The van der Waals surface area contributed by atoms with E-state index in [1.807, 2.05) is 20.8 Å². The predicted molar refractivity (Wildman–Crippen MR) is 126 cm³/mol. The van der Waals surface area contributed by atoms with Gasteiger partial charge in [0, 0.05) is 0 Å². The Kier molecular flexibility index (Phi) is 11.8. The highest BCUT2D eigenvalue weighted by Gasteiger charge is 2.27. The largest absolute Gasteiger partial charge is 0.353 e. The molecule has 0 bridgehead atoms. The van der Waals surface area contributed by atoms with Crippen molar-refractivity contribution in [2.24, 2.45) is 0 Å². The molecule has 0 atom stereocenters. The molecule has 0 aromatic rings. The van der Waals surface area contributed by atoms with Gasteiger partial charge < -0.3 is 14.2 Å². The van der Waals surface area contributed by atoms with Crippen LogP contribution in [0.15, 0.2) is 0 Å². The maximum atomic E-state index is 5.94. The summed E-state index contributed by atoms with van der Waals surface area (Å²) in [5.41, 5.74) is 0. The number of alkyl halides is 6. The topological polar surface area (TPSA) is 27.7 Å². The molecule has 110 valence electrons. The first-order chi connectivity index (χ1) is 7.79. The smallest absolute Gasteiger partial charge is 0.167 e. The average Bonchev–Trinajstić information content (AvgIpc) is 2.05. The van der Waals surface area contributed by atoms with Crippen molar-refractivity contribution in [1.29, 1.82) is 0 Å². The molecule has 0 spiro atoms. The van der Waals surface area contributed by atoms with Crippen LogP contribution in [0.1, 0.15) is 20.8 Å². The van der Waals surface area contributed by atoms with Crippen LogP contribution in [0.3, 0.4) is 0 Å². The molecular formula is C9H14I6O3. The highest BCUT2D eigenvalue weighted by molar-refractivity contribution is 14.2. The maximum Gasteiger partial charge on any atom is 0.167 e. The second-order valence-corrected chi connectivity index (χ2v) is 22.3. The fourth-order valence-corrected chi connectivity index (χ4v) is 2.33. The zero-order valence-corrected chi connectivity index (χ0v) is 22.9. The predicted octanol–water partition coefficient (Wildman–Crippen LogP) is 6.04. The Morgan fingerprint density at radius 1 is 0.722 bits per heavy atom. The van der Waals surface area contributed by atoms with Gasteiger partial charge in [-0.1, -0.05) is 0 Å². The van der Waals surface area contributed by atoms with E-state index in [1.54, 1.807) is 0 Å². The van der Waals surface area contributed by atoms with E-state index in [4.69, 9.17) is 14.2 Å². The van der Waals surface area contributed by atoms with E-state index < -0.39 is 0 Å². The Morgan fingerprint density at radius 2 is 1.06 bits per heavy atom. The quantitative estimate of drug-likeness (QED) is 0.220. The van der Waals surface area contributed by atoms with E-state index >= 15 is 0 Å². The van der Waals surface area contributed by atoms with Crippen LogP contribution in [0.25, 0.3) is 0 Å². The molecule has 18 heavy (non-hydrogen) atoms. The second-order valence-electron chi connectivity index (χ2n) is 3.79. The van der Waals surface area contributed by atoms with E-state index in [0.29, 0.717) is 13.2 Å². The number of ether oxygens (including phenoxy) is 3. The van der Waals surface area contributed by atoms with Gasteiger partial charge >= 0.3 is 0 Å². The molecule has 0 saturated carbocycles. The lowest BCUT2D eigenvalue weighted by Gasteiger charge is -2.28. The van der Waals surface area contributed by atoms with Gasteiger partial charge in [-0.2, -0.15) is 0 Å². The number of halogens is 6. The Bertz CT molecular complexity index is 224. The van der Waals surface area contributed by atoms with Crippen molar-refractivity contribution in [1.82, 2.24) is 0 Å². The van der Waals surface area contributed by atoms with Gasteiger partial charge in [-0.3, -0.25) is 0 Å². The molecule has 9 heteroatoms. The van der Waals surface area contributed by atoms with E-state index in [-0.39, 0.29) is 10.9 Å². The lowest BCUT2D eigenvalue weighted by molar-refractivity contribution is -0.0696. The van der Waals surface area contributed by atoms with Crippen LogP contribution in [0.2, 0.25) is 0 Å². The second kappa shape index (κ2) is 9.53. The maximum absolute atomic E-state index is 5.94. The molecule has 0 radical (unpaired) electrons. The molecule has 0 rings (SSSR count). The van der Waals surface area contributed by atoms with Crippen molar-refractivity contribution >= 4 is 136 Å². The van der Waals surface area contributed by atoms with Gasteiger partial charge in [-0.15, -0.1) is 0 Å².